The minimum absolute atomic E-state index is 0.136. The maximum absolute atomic E-state index is 13.0. The molecule has 1 amide bonds. The van der Waals surface area contributed by atoms with Crippen LogP contribution in [0.4, 0.5) is 10.1 Å². The van der Waals surface area contributed by atoms with Crippen LogP contribution in [0, 0.1) is 11.7 Å². The van der Waals surface area contributed by atoms with Crippen molar-refractivity contribution < 1.29 is 14.3 Å². The van der Waals surface area contributed by atoms with Gasteiger partial charge < -0.3 is 10.4 Å². The van der Waals surface area contributed by atoms with Crippen molar-refractivity contribution in [3.05, 3.63) is 66.0 Å². The molecule has 1 fully saturated rings. The number of benzene rings is 2. The number of anilines is 1. The number of hydrogen-bond acceptors (Lipinski definition) is 3. The van der Waals surface area contributed by atoms with E-state index in [0.717, 1.165) is 18.5 Å². The van der Waals surface area contributed by atoms with E-state index in [9.17, 15) is 14.3 Å². The van der Waals surface area contributed by atoms with Crippen LogP contribution in [-0.4, -0.2) is 35.6 Å². The monoisotopic (exact) mass is 328 g/mol. The highest BCUT2D eigenvalue weighted by molar-refractivity contribution is 5.95. The number of hydrogen-bond donors (Lipinski definition) is 2. The second-order valence-corrected chi connectivity index (χ2v) is 6.14. The van der Waals surface area contributed by atoms with Gasteiger partial charge in [-0.25, -0.2) is 4.39 Å². The van der Waals surface area contributed by atoms with Gasteiger partial charge in [-0.3, -0.25) is 9.69 Å². The molecule has 0 unspecified atom stereocenters. The number of amides is 1. The minimum atomic E-state index is -0.423. The Morgan fingerprint density at radius 2 is 1.92 bits per heavy atom. The summed E-state index contributed by atoms with van der Waals surface area (Å²) < 4.78 is 13.0. The third-order valence-corrected chi connectivity index (χ3v) is 4.42. The summed E-state index contributed by atoms with van der Waals surface area (Å²) in [5, 5.41) is 12.2. The second-order valence-electron chi connectivity index (χ2n) is 6.14. The van der Waals surface area contributed by atoms with Crippen LogP contribution >= 0.6 is 0 Å². The van der Waals surface area contributed by atoms with Crippen molar-refractivity contribution in [1.82, 2.24) is 4.90 Å². The molecule has 0 bridgehead atoms. The Bertz CT molecular complexity index is 676. The number of carbonyl (C=O) groups excluding carboxylic acids is 1. The SMILES string of the molecule is O=C(Nc1ccc(F)cc1)[C@@H](c1ccccc1)N1CC[C@@H](CO)C1. The molecule has 126 valence electrons. The fourth-order valence-electron chi connectivity index (χ4n) is 3.15. The maximum atomic E-state index is 13.0. The first-order valence-corrected chi connectivity index (χ1v) is 8.13. The first kappa shape index (κ1) is 16.6. The van der Waals surface area contributed by atoms with Gasteiger partial charge in [0.15, 0.2) is 0 Å². The topological polar surface area (TPSA) is 52.6 Å². The van der Waals surface area contributed by atoms with Crippen LogP contribution in [0.25, 0.3) is 0 Å². The van der Waals surface area contributed by atoms with E-state index < -0.39 is 6.04 Å². The Morgan fingerprint density at radius 1 is 1.21 bits per heavy atom. The lowest BCUT2D eigenvalue weighted by atomic mass is 10.0. The maximum Gasteiger partial charge on any atom is 0.246 e. The first-order valence-electron chi connectivity index (χ1n) is 8.13. The van der Waals surface area contributed by atoms with Crippen LogP contribution in [0.15, 0.2) is 54.6 Å². The van der Waals surface area contributed by atoms with Crippen molar-refractivity contribution in [2.45, 2.75) is 12.5 Å². The zero-order valence-corrected chi connectivity index (χ0v) is 13.4. The highest BCUT2D eigenvalue weighted by atomic mass is 19.1. The van der Waals surface area contributed by atoms with Crippen molar-refractivity contribution in [2.75, 3.05) is 25.0 Å². The Morgan fingerprint density at radius 3 is 2.54 bits per heavy atom. The number of likely N-dealkylation sites (tertiary alicyclic amines) is 1. The van der Waals surface area contributed by atoms with Gasteiger partial charge in [0.2, 0.25) is 5.91 Å². The molecule has 0 spiro atoms. The molecule has 1 heterocycles. The smallest absolute Gasteiger partial charge is 0.246 e. The number of nitrogens with one attached hydrogen (secondary N) is 1. The van der Waals surface area contributed by atoms with Gasteiger partial charge in [0.05, 0.1) is 0 Å². The van der Waals surface area contributed by atoms with E-state index in [-0.39, 0.29) is 24.2 Å². The number of aliphatic hydroxyl groups excluding tert-OH is 1. The predicted octanol–water partition coefficient (Wildman–Crippen LogP) is 2.82. The van der Waals surface area contributed by atoms with Gasteiger partial charge in [-0.1, -0.05) is 30.3 Å². The molecule has 0 aromatic heterocycles. The molecule has 5 heteroatoms. The minimum Gasteiger partial charge on any atom is -0.396 e. The number of nitrogens with zero attached hydrogens (tertiary/aromatic N) is 1. The lowest BCUT2D eigenvalue weighted by Gasteiger charge is -2.27. The summed E-state index contributed by atoms with van der Waals surface area (Å²) in [7, 11) is 0. The first-order chi connectivity index (χ1) is 11.7. The molecule has 2 aromatic carbocycles. The van der Waals surface area contributed by atoms with Crippen molar-refractivity contribution >= 4 is 11.6 Å². The molecule has 0 saturated carbocycles. The highest BCUT2D eigenvalue weighted by Crippen LogP contribution is 2.29. The zero-order chi connectivity index (χ0) is 16.9. The number of carbonyl (C=O) groups is 1. The van der Waals surface area contributed by atoms with Crippen LogP contribution < -0.4 is 5.32 Å². The number of halogens is 1. The van der Waals surface area contributed by atoms with Crippen LogP contribution in [0.5, 0.6) is 0 Å². The molecular weight excluding hydrogens is 307 g/mol. The Kier molecular flexibility index (Phi) is 5.23. The van der Waals surface area contributed by atoms with E-state index in [1.54, 1.807) is 12.1 Å². The summed E-state index contributed by atoms with van der Waals surface area (Å²) in [5.41, 5.74) is 1.48. The lowest BCUT2D eigenvalue weighted by Crippen LogP contribution is -2.36. The molecule has 3 rings (SSSR count). The standard InChI is InChI=1S/C19H21FN2O2/c20-16-6-8-17(9-7-16)21-19(24)18(15-4-2-1-3-5-15)22-11-10-14(12-22)13-23/h1-9,14,18,23H,10-13H2,(H,21,24)/t14-,18-/m1/s1. The fourth-order valence-corrected chi connectivity index (χ4v) is 3.15. The molecule has 0 radical (unpaired) electrons. The molecule has 1 aliphatic rings. The summed E-state index contributed by atoms with van der Waals surface area (Å²) in [5.74, 6) is -0.279. The van der Waals surface area contributed by atoms with Gasteiger partial charge in [0.1, 0.15) is 11.9 Å². The summed E-state index contributed by atoms with van der Waals surface area (Å²) in [6, 6.07) is 14.9. The molecule has 0 aliphatic carbocycles. The molecule has 2 N–H and O–H groups in total. The fraction of sp³-hybridized carbons (Fsp3) is 0.316. The third-order valence-electron chi connectivity index (χ3n) is 4.42. The highest BCUT2D eigenvalue weighted by Gasteiger charge is 2.33. The normalized spacial score (nSPS) is 19.2. The molecule has 2 atom stereocenters. The van der Waals surface area contributed by atoms with Gasteiger partial charge in [-0.05, 0) is 48.7 Å². The lowest BCUT2D eigenvalue weighted by molar-refractivity contribution is -0.121. The molecule has 1 saturated heterocycles. The number of rotatable bonds is 5. The van der Waals surface area contributed by atoms with E-state index in [1.165, 1.54) is 12.1 Å². The Labute approximate surface area is 140 Å². The van der Waals surface area contributed by atoms with E-state index >= 15 is 0 Å². The zero-order valence-electron chi connectivity index (χ0n) is 13.4. The van der Waals surface area contributed by atoms with E-state index in [2.05, 4.69) is 10.2 Å². The van der Waals surface area contributed by atoms with Crippen molar-refractivity contribution in [1.29, 1.82) is 0 Å². The Hall–Kier alpha value is -2.24. The summed E-state index contributed by atoms with van der Waals surface area (Å²) in [4.78, 5) is 15.0. The summed E-state index contributed by atoms with van der Waals surface area (Å²) in [6.07, 6.45) is 0.879. The summed E-state index contributed by atoms with van der Waals surface area (Å²) in [6.45, 7) is 1.59. The van der Waals surface area contributed by atoms with Crippen molar-refractivity contribution in [3.8, 4) is 0 Å². The third kappa shape index (κ3) is 3.80. The average molecular weight is 328 g/mol. The van der Waals surface area contributed by atoms with Crippen molar-refractivity contribution in [2.24, 2.45) is 5.92 Å². The Balaban J connectivity index is 1.81. The van der Waals surface area contributed by atoms with Gasteiger partial charge in [0, 0.05) is 18.8 Å². The van der Waals surface area contributed by atoms with Crippen LogP contribution in [0.3, 0.4) is 0 Å². The summed E-state index contributed by atoms with van der Waals surface area (Å²) >= 11 is 0. The molecule has 1 aliphatic heterocycles. The van der Waals surface area contributed by atoms with E-state index in [0.29, 0.717) is 12.2 Å². The van der Waals surface area contributed by atoms with Gasteiger partial charge >= 0.3 is 0 Å². The van der Waals surface area contributed by atoms with Gasteiger partial charge in [-0.15, -0.1) is 0 Å². The van der Waals surface area contributed by atoms with Crippen molar-refractivity contribution in [3.63, 3.8) is 0 Å². The predicted molar refractivity (Wildman–Crippen MR) is 91.0 cm³/mol. The second kappa shape index (κ2) is 7.55. The molecule has 2 aromatic rings. The molecule has 4 nitrogen and oxygen atoms in total. The van der Waals surface area contributed by atoms with E-state index in [4.69, 9.17) is 0 Å². The van der Waals surface area contributed by atoms with Gasteiger partial charge in [0.25, 0.3) is 0 Å². The average Bonchev–Trinajstić information content (AvgIpc) is 3.07. The number of aliphatic hydroxyl groups is 1. The van der Waals surface area contributed by atoms with Crippen LogP contribution in [-0.2, 0) is 4.79 Å². The van der Waals surface area contributed by atoms with Crippen LogP contribution in [0.2, 0.25) is 0 Å². The van der Waals surface area contributed by atoms with Crippen LogP contribution in [0.1, 0.15) is 18.0 Å². The quantitative estimate of drug-likeness (QED) is 0.887. The molecule has 24 heavy (non-hydrogen) atoms. The largest absolute Gasteiger partial charge is 0.396 e. The molecular formula is C19H21FN2O2. The van der Waals surface area contributed by atoms with Gasteiger partial charge in [-0.2, -0.15) is 0 Å². The van der Waals surface area contributed by atoms with E-state index in [1.807, 2.05) is 30.3 Å².